The maximum Gasteiger partial charge on any atom is 0.303 e. The largest absolute Gasteiger partial charge is 0.504 e. The van der Waals surface area contributed by atoms with Crippen LogP contribution in [0.25, 0.3) is 0 Å². The maximum absolute atomic E-state index is 10.7. The number of carboxylic acid groups (broad SMARTS) is 1. The molecule has 2 rings (SSSR count). The first kappa shape index (κ1) is 13.7. The van der Waals surface area contributed by atoms with E-state index in [1.54, 1.807) is 6.07 Å². The summed E-state index contributed by atoms with van der Waals surface area (Å²) in [5, 5.41) is 18.3. The normalized spacial score (nSPS) is 19.5. The first-order valence-electron chi connectivity index (χ1n) is 6.38. The number of aliphatic carboxylic acids is 1. The van der Waals surface area contributed by atoms with Gasteiger partial charge in [0.2, 0.25) is 0 Å². The molecule has 19 heavy (non-hydrogen) atoms. The van der Waals surface area contributed by atoms with Gasteiger partial charge in [0.1, 0.15) is 0 Å². The van der Waals surface area contributed by atoms with E-state index in [1.807, 2.05) is 12.1 Å². The highest BCUT2D eigenvalue weighted by molar-refractivity contribution is 5.67. The Hall–Kier alpha value is -1.75. The van der Waals surface area contributed by atoms with E-state index in [4.69, 9.17) is 9.84 Å². The summed E-state index contributed by atoms with van der Waals surface area (Å²) >= 11 is 0. The minimum Gasteiger partial charge on any atom is -0.504 e. The van der Waals surface area contributed by atoms with E-state index in [9.17, 15) is 9.90 Å². The Morgan fingerprint density at radius 1 is 1.53 bits per heavy atom. The second-order valence-corrected chi connectivity index (χ2v) is 4.99. The molecular weight excluding hydrogens is 246 g/mol. The fraction of sp³-hybridized carbons (Fsp3) is 0.500. The number of ether oxygens (including phenoxy) is 1. The van der Waals surface area contributed by atoms with Crippen LogP contribution in [0.5, 0.6) is 11.5 Å². The standard InChI is InChI=1S/C14H19NO4/c1-19-13-6-10(2-3-12(13)16)8-15-5-4-11(9-15)7-14(17)18/h2-3,6,11,16H,4-5,7-9H2,1H3,(H,17,18). The molecule has 1 atom stereocenters. The Morgan fingerprint density at radius 3 is 3.00 bits per heavy atom. The number of aromatic hydroxyl groups is 1. The molecule has 5 nitrogen and oxygen atoms in total. The van der Waals surface area contributed by atoms with Crippen molar-refractivity contribution in [2.24, 2.45) is 5.92 Å². The van der Waals surface area contributed by atoms with Crippen LogP contribution in [0.1, 0.15) is 18.4 Å². The zero-order chi connectivity index (χ0) is 13.8. The maximum atomic E-state index is 10.7. The van der Waals surface area contributed by atoms with Crippen molar-refractivity contribution < 1.29 is 19.7 Å². The number of carbonyl (C=O) groups is 1. The van der Waals surface area contributed by atoms with Crippen LogP contribution in [0.2, 0.25) is 0 Å². The Kier molecular flexibility index (Phi) is 4.27. The van der Waals surface area contributed by atoms with Crippen molar-refractivity contribution >= 4 is 5.97 Å². The summed E-state index contributed by atoms with van der Waals surface area (Å²) in [6.07, 6.45) is 1.18. The molecule has 1 aliphatic heterocycles. The van der Waals surface area contributed by atoms with Gasteiger partial charge in [-0.1, -0.05) is 6.07 Å². The summed E-state index contributed by atoms with van der Waals surface area (Å²) in [5.74, 6) is 0.130. The van der Waals surface area contributed by atoms with Crippen molar-refractivity contribution in [3.8, 4) is 11.5 Å². The Bertz CT molecular complexity index is 461. The van der Waals surface area contributed by atoms with E-state index in [1.165, 1.54) is 7.11 Å². The molecule has 2 N–H and O–H groups in total. The van der Waals surface area contributed by atoms with E-state index < -0.39 is 5.97 Å². The molecule has 0 amide bonds. The van der Waals surface area contributed by atoms with Gasteiger partial charge in [0, 0.05) is 19.5 Å². The van der Waals surface area contributed by atoms with Crippen LogP contribution in [-0.2, 0) is 11.3 Å². The van der Waals surface area contributed by atoms with E-state index in [-0.39, 0.29) is 18.1 Å². The smallest absolute Gasteiger partial charge is 0.303 e. The van der Waals surface area contributed by atoms with Crippen LogP contribution >= 0.6 is 0 Å². The van der Waals surface area contributed by atoms with Crippen LogP contribution in [0.3, 0.4) is 0 Å². The number of hydrogen-bond donors (Lipinski definition) is 2. The molecular formula is C14H19NO4. The fourth-order valence-electron chi connectivity index (χ4n) is 2.55. The number of methoxy groups -OCH3 is 1. The third kappa shape index (κ3) is 3.61. The van der Waals surface area contributed by atoms with Crippen molar-refractivity contribution in [3.63, 3.8) is 0 Å². The molecule has 1 aromatic carbocycles. The molecule has 104 valence electrons. The summed E-state index contributed by atoms with van der Waals surface area (Å²) in [4.78, 5) is 12.9. The molecule has 0 aromatic heterocycles. The van der Waals surface area contributed by atoms with Gasteiger partial charge in [0.05, 0.1) is 7.11 Å². The average Bonchev–Trinajstić information content (AvgIpc) is 2.78. The molecule has 1 aliphatic rings. The summed E-state index contributed by atoms with van der Waals surface area (Å²) in [7, 11) is 1.53. The molecule has 5 heteroatoms. The zero-order valence-electron chi connectivity index (χ0n) is 11.0. The van der Waals surface area contributed by atoms with Crippen LogP contribution in [-0.4, -0.2) is 41.3 Å². The van der Waals surface area contributed by atoms with Crippen molar-refractivity contribution in [1.82, 2.24) is 4.90 Å². The summed E-state index contributed by atoms with van der Waals surface area (Å²) in [5.41, 5.74) is 1.06. The van der Waals surface area contributed by atoms with Crippen molar-refractivity contribution in [2.75, 3.05) is 20.2 Å². The van der Waals surface area contributed by atoms with Crippen LogP contribution < -0.4 is 4.74 Å². The monoisotopic (exact) mass is 265 g/mol. The first-order chi connectivity index (χ1) is 9.08. The molecule has 1 heterocycles. The van der Waals surface area contributed by atoms with Crippen molar-refractivity contribution in [3.05, 3.63) is 23.8 Å². The molecule has 0 saturated carbocycles. The number of nitrogens with zero attached hydrogens (tertiary/aromatic N) is 1. The topological polar surface area (TPSA) is 70.0 Å². The van der Waals surface area contributed by atoms with Gasteiger partial charge in [-0.3, -0.25) is 9.69 Å². The number of phenols is 1. The van der Waals surface area contributed by atoms with Crippen LogP contribution in [0.15, 0.2) is 18.2 Å². The van der Waals surface area contributed by atoms with E-state index >= 15 is 0 Å². The van der Waals surface area contributed by atoms with E-state index in [0.717, 1.165) is 31.6 Å². The van der Waals surface area contributed by atoms with E-state index in [0.29, 0.717) is 5.75 Å². The lowest BCUT2D eigenvalue weighted by Crippen LogP contribution is -2.20. The second-order valence-electron chi connectivity index (χ2n) is 4.99. The third-order valence-corrected chi connectivity index (χ3v) is 3.48. The van der Waals surface area contributed by atoms with Crippen molar-refractivity contribution in [1.29, 1.82) is 0 Å². The lowest BCUT2D eigenvalue weighted by molar-refractivity contribution is -0.138. The highest BCUT2D eigenvalue weighted by Gasteiger charge is 2.24. The average molecular weight is 265 g/mol. The minimum absolute atomic E-state index is 0.136. The van der Waals surface area contributed by atoms with Crippen LogP contribution in [0, 0.1) is 5.92 Å². The second kappa shape index (κ2) is 5.93. The highest BCUT2D eigenvalue weighted by Crippen LogP contribution is 2.28. The molecule has 1 aromatic rings. The zero-order valence-corrected chi connectivity index (χ0v) is 11.0. The Morgan fingerprint density at radius 2 is 2.32 bits per heavy atom. The van der Waals surface area contributed by atoms with Gasteiger partial charge in [0.25, 0.3) is 0 Å². The summed E-state index contributed by atoms with van der Waals surface area (Å²) in [6.45, 7) is 2.49. The van der Waals surface area contributed by atoms with Gasteiger partial charge < -0.3 is 14.9 Å². The molecule has 0 aliphatic carbocycles. The number of likely N-dealkylation sites (tertiary alicyclic amines) is 1. The number of benzene rings is 1. The molecule has 0 bridgehead atoms. The number of carboxylic acids is 1. The van der Waals surface area contributed by atoms with Gasteiger partial charge in [-0.15, -0.1) is 0 Å². The number of rotatable bonds is 5. The number of phenolic OH excluding ortho intramolecular Hbond substituents is 1. The van der Waals surface area contributed by atoms with Gasteiger partial charge in [-0.2, -0.15) is 0 Å². The lowest BCUT2D eigenvalue weighted by atomic mass is 10.1. The fourth-order valence-corrected chi connectivity index (χ4v) is 2.55. The quantitative estimate of drug-likeness (QED) is 0.848. The van der Waals surface area contributed by atoms with E-state index in [2.05, 4.69) is 4.90 Å². The molecule has 0 radical (unpaired) electrons. The van der Waals surface area contributed by atoms with Crippen molar-refractivity contribution in [2.45, 2.75) is 19.4 Å². The highest BCUT2D eigenvalue weighted by atomic mass is 16.5. The summed E-state index contributed by atoms with van der Waals surface area (Å²) in [6, 6.07) is 5.31. The molecule has 1 saturated heterocycles. The predicted octanol–water partition coefficient (Wildman–Crippen LogP) is 1.70. The number of hydrogen-bond acceptors (Lipinski definition) is 4. The lowest BCUT2D eigenvalue weighted by Gasteiger charge is -2.16. The van der Waals surface area contributed by atoms with Gasteiger partial charge >= 0.3 is 5.97 Å². The SMILES string of the molecule is COc1cc(CN2CCC(CC(=O)O)C2)ccc1O. The molecule has 1 fully saturated rings. The minimum atomic E-state index is -0.724. The third-order valence-electron chi connectivity index (χ3n) is 3.48. The Labute approximate surface area is 112 Å². The Balaban J connectivity index is 1.93. The summed E-state index contributed by atoms with van der Waals surface area (Å²) < 4.78 is 5.08. The van der Waals surface area contributed by atoms with Gasteiger partial charge in [-0.05, 0) is 36.6 Å². The van der Waals surface area contributed by atoms with Gasteiger partial charge in [0.15, 0.2) is 11.5 Å². The van der Waals surface area contributed by atoms with Gasteiger partial charge in [-0.25, -0.2) is 0 Å². The first-order valence-corrected chi connectivity index (χ1v) is 6.38. The predicted molar refractivity (Wildman–Crippen MR) is 70.3 cm³/mol. The van der Waals surface area contributed by atoms with Crippen LogP contribution in [0.4, 0.5) is 0 Å². The molecule has 0 spiro atoms. The molecule has 1 unspecified atom stereocenters.